The van der Waals surface area contributed by atoms with Gasteiger partial charge in [-0.25, -0.2) is 17.9 Å². The Morgan fingerprint density at radius 3 is 2.59 bits per heavy atom. The molecule has 0 atom stereocenters. The van der Waals surface area contributed by atoms with Gasteiger partial charge in [0, 0.05) is 6.54 Å². The minimum atomic E-state index is -3.35. The lowest BCUT2D eigenvalue weighted by Gasteiger charge is -2.10. The molecule has 2 aromatic rings. The average Bonchev–Trinajstić information content (AvgIpc) is 3.08. The number of carboxylic acid groups (broad SMARTS) is 1. The van der Waals surface area contributed by atoms with Gasteiger partial charge in [-0.15, -0.1) is 0 Å². The van der Waals surface area contributed by atoms with Gasteiger partial charge < -0.3 is 19.6 Å². The van der Waals surface area contributed by atoms with Crippen molar-refractivity contribution in [3.8, 4) is 5.75 Å². The molecule has 146 valence electrons. The van der Waals surface area contributed by atoms with Crippen LogP contribution in [-0.4, -0.2) is 45.3 Å². The molecule has 0 radical (unpaired) electrons. The normalized spacial score (nSPS) is 11.2. The summed E-state index contributed by atoms with van der Waals surface area (Å²) in [5.74, 6) is -0.685. The molecule has 1 heterocycles. The average molecular weight is 396 g/mol. The van der Waals surface area contributed by atoms with Crippen molar-refractivity contribution in [2.45, 2.75) is 13.0 Å². The fourth-order valence-corrected chi connectivity index (χ4v) is 2.68. The van der Waals surface area contributed by atoms with Crippen LogP contribution in [0.4, 0.5) is 0 Å². The number of nitrogens with one attached hydrogen (secondary N) is 2. The van der Waals surface area contributed by atoms with Crippen molar-refractivity contribution in [1.29, 1.82) is 0 Å². The maximum absolute atomic E-state index is 12.1. The summed E-state index contributed by atoms with van der Waals surface area (Å²) < 4.78 is 34.9. The first-order chi connectivity index (χ1) is 12.7. The molecule has 2 rings (SSSR count). The lowest BCUT2D eigenvalue weighted by molar-refractivity contribution is 0.0696. The Kier molecular flexibility index (Phi) is 6.59. The number of amides is 1. The number of benzene rings is 1. The zero-order chi connectivity index (χ0) is 20.0. The van der Waals surface area contributed by atoms with Gasteiger partial charge in [-0.3, -0.25) is 4.79 Å². The molecule has 0 aliphatic heterocycles. The van der Waals surface area contributed by atoms with E-state index in [-0.39, 0.29) is 24.4 Å². The fraction of sp³-hybridized carbons (Fsp3) is 0.294. The van der Waals surface area contributed by atoms with E-state index in [0.717, 1.165) is 11.8 Å². The Morgan fingerprint density at radius 1 is 1.22 bits per heavy atom. The van der Waals surface area contributed by atoms with Crippen molar-refractivity contribution in [3.63, 3.8) is 0 Å². The third-order valence-corrected chi connectivity index (χ3v) is 4.28. The number of sulfonamides is 1. The number of furan rings is 1. The molecule has 0 fully saturated rings. The molecule has 0 aliphatic carbocycles. The van der Waals surface area contributed by atoms with Crippen LogP contribution in [0, 0.1) is 0 Å². The number of carbonyl (C=O) groups is 2. The van der Waals surface area contributed by atoms with Crippen molar-refractivity contribution in [2.75, 3.05) is 19.9 Å². The maximum atomic E-state index is 12.1. The minimum Gasteiger partial charge on any atom is -0.496 e. The van der Waals surface area contributed by atoms with E-state index in [1.54, 1.807) is 6.07 Å². The number of hydrogen-bond donors (Lipinski definition) is 3. The van der Waals surface area contributed by atoms with Crippen molar-refractivity contribution >= 4 is 21.9 Å². The van der Waals surface area contributed by atoms with Crippen LogP contribution in [0.5, 0.6) is 5.75 Å². The molecular weight excluding hydrogens is 376 g/mol. The Hall–Kier alpha value is -2.85. The Labute approximate surface area is 156 Å². The molecule has 0 unspecified atom stereocenters. The van der Waals surface area contributed by atoms with Gasteiger partial charge in [0.1, 0.15) is 11.5 Å². The lowest BCUT2D eigenvalue weighted by Crippen LogP contribution is -2.25. The number of hydrogen-bond acceptors (Lipinski definition) is 6. The van der Waals surface area contributed by atoms with Crippen LogP contribution in [0.1, 0.15) is 32.2 Å². The Morgan fingerprint density at radius 2 is 1.96 bits per heavy atom. The number of methoxy groups -OCH3 is 1. The van der Waals surface area contributed by atoms with Crippen molar-refractivity contribution in [2.24, 2.45) is 0 Å². The second-order valence-corrected chi connectivity index (χ2v) is 7.53. The van der Waals surface area contributed by atoms with Crippen LogP contribution in [0.25, 0.3) is 0 Å². The molecule has 27 heavy (non-hydrogen) atoms. The second kappa shape index (κ2) is 8.69. The summed E-state index contributed by atoms with van der Waals surface area (Å²) in [6.45, 7) is 0.235. The number of carboxylic acids is 1. The van der Waals surface area contributed by atoms with Crippen LogP contribution >= 0.6 is 0 Å². The van der Waals surface area contributed by atoms with Crippen LogP contribution < -0.4 is 14.8 Å². The smallest absolute Gasteiger partial charge is 0.335 e. The zero-order valence-corrected chi connectivity index (χ0v) is 15.6. The SMILES string of the molecule is COc1cc(C(=O)O)ccc1CCNC(=O)c1ccc(CNS(C)(=O)=O)o1. The van der Waals surface area contributed by atoms with Crippen molar-refractivity contribution in [3.05, 3.63) is 53.0 Å². The number of ether oxygens (including phenoxy) is 1. The lowest BCUT2D eigenvalue weighted by atomic mass is 10.1. The Bertz CT molecular complexity index is 935. The third kappa shape index (κ3) is 6.12. The molecule has 0 saturated carbocycles. The van der Waals surface area contributed by atoms with E-state index in [2.05, 4.69) is 10.0 Å². The fourth-order valence-electron chi connectivity index (χ4n) is 2.28. The highest BCUT2D eigenvalue weighted by Crippen LogP contribution is 2.20. The van der Waals surface area contributed by atoms with Gasteiger partial charge in [0.2, 0.25) is 10.0 Å². The largest absolute Gasteiger partial charge is 0.496 e. The first-order valence-electron chi connectivity index (χ1n) is 7.91. The summed E-state index contributed by atoms with van der Waals surface area (Å²) in [7, 11) is -1.91. The summed E-state index contributed by atoms with van der Waals surface area (Å²) in [5.41, 5.74) is 0.866. The highest BCUT2D eigenvalue weighted by Gasteiger charge is 2.13. The molecule has 1 aromatic carbocycles. The molecular formula is C17H20N2O7S. The topological polar surface area (TPSA) is 135 Å². The van der Waals surface area contributed by atoms with Gasteiger partial charge in [-0.2, -0.15) is 0 Å². The van der Waals surface area contributed by atoms with Gasteiger partial charge in [0.25, 0.3) is 5.91 Å². The molecule has 0 spiro atoms. The van der Waals surface area contributed by atoms with Crippen molar-refractivity contribution < 1.29 is 32.3 Å². The van der Waals surface area contributed by atoms with E-state index in [9.17, 15) is 18.0 Å². The van der Waals surface area contributed by atoms with Crippen LogP contribution in [0.15, 0.2) is 34.7 Å². The predicted octanol–water partition coefficient (Wildman–Crippen LogP) is 1.01. The Balaban J connectivity index is 1.91. The van der Waals surface area contributed by atoms with Gasteiger partial charge in [0.15, 0.2) is 5.76 Å². The molecule has 0 saturated heterocycles. The van der Waals surface area contributed by atoms with E-state index in [0.29, 0.717) is 17.9 Å². The summed E-state index contributed by atoms with van der Waals surface area (Å²) in [6, 6.07) is 7.50. The van der Waals surface area contributed by atoms with E-state index in [4.69, 9.17) is 14.3 Å². The molecule has 0 aliphatic rings. The highest BCUT2D eigenvalue weighted by atomic mass is 32.2. The van der Waals surface area contributed by atoms with Crippen LogP contribution in [0.2, 0.25) is 0 Å². The maximum Gasteiger partial charge on any atom is 0.335 e. The van der Waals surface area contributed by atoms with E-state index < -0.39 is 21.9 Å². The summed E-state index contributed by atoms with van der Waals surface area (Å²) in [4.78, 5) is 23.1. The molecule has 3 N–H and O–H groups in total. The number of rotatable bonds is 9. The second-order valence-electron chi connectivity index (χ2n) is 5.70. The minimum absolute atomic E-state index is 0.0424. The monoisotopic (exact) mass is 396 g/mol. The molecule has 10 heteroatoms. The molecule has 0 bridgehead atoms. The molecule has 1 amide bonds. The van der Waals surface area contributed by atoms with E-state index in [1.165, 1.54) is 31.4 Å². The van der Waals surface area contributed by atoms with Gasteiger partial charge in [0.05, 0.1) is 25.5 Å². The van der Waals surface area contributed by atoms with Gasteiger partial charge in [-0.05, 0) is 36.2 Å². The third-order valence-electron chi connectivity index (χ3n) is 3.61. The van der Waals surface area contributed by atoms with Crippen LogP contribution in [0.3, 0.4) is 0 Å². The first kappa shape index (κ1) is 20.5. The molecule has 9 nitrogen and oxygen atoms in total. The summed E-state index contributed by atoms with van der Waals surface area (Å²) in [6.07, 6.45) is 1.46. The summed E-state index contributed by atoms with van der Waals surface area (Å²) >= 11 is 0. The number of carbonyl (C=O) groups excluding carboxylic acids is 1. The molecule has 1 aromatic heterocycles. The standard InChI is InChI=1S/C17H20N2O7S/c1-25-15-9-12(17(21)22)4-3-11(15)7-8-18-16(20)14-6-5-13(26-14)10-19-27(2,23)24/h3-6,9,19H,7-8,10H2,1-2H3,(H,18,20)(H,21,22). The van der Waals surface area contributed by atoms with Crippen molar-refractivity contribution in [1.82, 2.24) is 10.0 Å². The van der Waals surface area contributed by atoms with Gasteiger partial charge >= 0.3 is 5.97 Å². The predicted molar refractivity (Wildman–Crippen MR) is 96.4 cm³/mol. The number of aromatic carboxylic acids is 1. The quantitative estimate of drug-likeness (QED) is 0.576. The van der Waals surface area contributed by atoms with E-state index in [1.807, 2.05) is 0 Å². The zero-order valence-electron chi connectivity index (χ0n) is 14.8. The first-order valence-corrected chi connectivity index (χ1v) is 9.80. The highest BCUT2D eigenvalue weighted by molar-refractivity contribution is 7.88. The van der Waals surface area contributed by atoms with E-state index >= 15 is 0 Å². The van der Waals surface area contributed by atoms with Gasteiger partial charge in [-0.1, -0.05) is 6.07 Å². The summed E-state index contributed by atoms with van der Waals surface area (Å²) in [5, 5.41) is 11.7. The van der Waals surface area contributed by atoms with Crippen LogP contribution in [-0.2, 0) is 23.0 Å².